The van der Waals surface area contributed by atoms with E-state index in [2.05, 4.69) is 0 Å². The third-order valence-corrected chi connectivity index (χ3v) is 4.98. The Morgan fingerprint density at radius 3 is 2.14 bits per heavy atom. The van der Waals surface area contributed by atoms with Gasteiger partial charge in [-0.1, -0.05) is 24.4 Å². The smallest absolute Gasteiger partial charge is 0.243 e. The van der Waals surface area contributed by atoms with Crippen LogP contribution in [0.15, 0.2) is 29.2 Å². The van der Waals surface area contributed by atoms with Crippen LogP contribution in [0.1, 0.15) is 19.4 Å². The summed E-state index contributed by atoms with van der Waals surface area (Å²) in [6.45, 7) is 3.01. The number of carbonyl (C=O) groups excluding carboxylic acids is 1. The molecule has 6 nitrogen and oxygen atoms in total. The van der Waals surface area contributed by atoms with Crippen molar-refractivity contribution in [3.63, 3.8) is 0 Å². The van der Waals surface area contributed by atoms with Crippen LogP contribution < -0.4 is 11.5 Å². The van der Waals surface area contributed by atoms with Gasteiger partial charge in [0.05, 0.1) is 16.4 Å². The number of thiocarbonyl (C=S) groups is 1. The van der Waals surface area contributed by atoms with E-state index in [1.807, 2.05) is 0 Å². The van der Waals surface area contributed by atoms with Crippen LogP contribution in [0, 0.1) is 0 Å². The van der Waals surface area contributed by atoms with Gasteiger partial charge in [-0.15, -0.1) is 0 Å². The highest BCUT2D eigenvalue weighted by atomic mass is 32.2. The highest BCUT2D eigenvalue weighted by molar-refractivity contribution is 7.89. The van der Waals surface area contributed by atoms with Crippen LogP contribution in [-0.2, 0) is 21.2 Å². The van der Waals surface area contributed by atoms with E-state index in [4.69, 9.17) is 23.7 Å². The molecule has 0 unspecified atom stereocenters. The highest BCUT2D eigenvalue weighted by Gasteiger charge is 2.28. The molecule has 0 saturated carbocycles. The van der Waals surface area contributed by atoms with Crippen molar-refractivity contribution < 1.29 is 13.2 Å². The predicted octanol–water partition coefficient (Wildman–Crippen LogP) is 0.400. The lowest BCUT2D eigenvalue weighted by Crippen LogP contribution is -2.42. The number of nitrogens with zero attached hydrogens (tertiary/aromatic N) is 1. The summed E-state index contributed by atoms with van der Waals surface area (Å²) in [6.07, 6.45) is 0.408. The molecule has 1 rings (SSSR count). The summed E-state index contributed by atoms with van der Waals surface area (Å²) in [6, 6.07) is 5.86. The first-order valence-electron chi connectivity index (χ1n) is 6.32. The molecule has 8 heteroatoms. The quantitative estimate of drug-likeness (QED) is 0.704. The van der Waals surface area contributed by atoms with Gasteiger partial charge in [-0.25, -0.2) is 8.42 Å². The molecule has 0 saturated heterocycles. The van der Waals surface area contributed by atoms with E-state index < -0.39 is 15.9 Å². The van der Waals surface area contributed by atoms with Crippen molar-refractivity contribution >= 4 is 33.1 Å². The molecule has 0 aliphatic rings. The summed E-state index contributed by atoms with van der Waals surface area (Å²) in [7, 11) is -3.77. The fourth-order valence-electron chi connectivity index (χ4n) is 1.81. The van der Waals surface area contributed by atoms with E-state index in [1.165, 1.54) is 12.1 Å². The summed E-state index contributed by atoms with van der Waals surface area (Å²) < 4.78 is 26.1. The zero-order chi connectivity index (χ0) is 16.2. The SMILES string of the molecule is CC(C)N(CC(N)=O)S(=O)(=O)c1ccc(CC(N)=S)cc1. The van der Waals surface area contributed by atoms with Gasteiger partial charge in [0, 0.05) is 12.5 Å². The first-order valence-corrected chi connectivity index (χ1v) is 8.17. The van der Waals surface area contributed by atoms with Gasteiger partial charge in [-0.2, -0.15) is 4.31 Å². The minimum atomic E-state index is -3.77. The molecule has 0 fully saturated rings. The summed E-state index contributed by atoms with van der Waals surface area (Å²) in [5.74, 6) is -0.697. The van der Waals surface area contributed by atoms with Crippen molar-refractivity contribution in [1.82, 2.24) is 4.31 Å². The van der Waals surface area contributed by atoms with Gasteiger partial charge in [0.25, 0.3) is 0 Å². The van der Waals surface area contributed by atoms with E-state index in [0.717, 1.165) is 9.87 Å². The molecule has 0 radical (unpaired) electrons. The fraction of sp³-hybridized carbons (Fsp3) is 0.385. The van der Waals surface area contributed by atoms with E-state index in [9.17, 15) is 13.2 Å². The second kappa shape index (κ2) is 6.97. The van der Waals surface area contributed by atoms with Gasteiger partial charge in [-0.3, -0.25) is 4.79 Å². The van der Waals surface area contributed by atoms with E-state index in [0.29, 0.717) is 11.4 Å². The zero-order valence-corrected chi connectivity index (χ0v) is 13.6. The Kier molecular flexibility index (Phi) is 5.82. The van der Waals surface area contributed by atoms with Gasteiger partial charge in [0.2, 0.25) is 15.9 Å². The number of rotatable bonds is 7. The lowest BCUT2D eigenvalue weighted by atomic mass is 10.1. The third-order valence-electron chi connectivity index (χ3n) is 2.80. The van der Waals surface area contributed by atoms with Crippen molar-refractivity contribution in [2.24, 2.45) is 11.5 Å². The van der Waals surface area contributed by atoms with Gasteiger partial charge in [0.15, 0.2) is 0 Å². The maximum absolute atomic E-state index is 12.5. The Balaban J connectivity index is 3.10. The average molecular weight is 329 g/mol. The number of benzene rings is 1. The number of carbonyl (C=O) groups is 1. The molecule has 0 aliphatic carbocycles. The molecule has 4 N–H and O–H groups in total. The normalized spacial score (nSPS) is 11.8. The summed E-state index contributed by atoms with van der Waals surface area (Å²) >= 11 is 4.81. The lowest BCUT2D eigenvalue weighted by Gasteiger charge is -2.24. The molecule has 0 aliphatic heterocycles. The minimum absolute atomic E-state index is 0.101. The van der Waals surface area contributed by atoms with E-state index in [-0.39, 0.29) is 17.5 Å². The van der Waals surface area contributed by atoms with E-state index in [1.54, 1.807) is 26.0 Å². The first kappa shape index (κ1) is 17.5. The summed E-state index contributed by atoms with van der Waals surface area (Å²) in [5, 5.41) is 0. The van der Waals surface area contributed by atoms with Crippen LogP contribution in [0.2, 0.25) is 0 Å². The minimum Gasteiger partial charge on any atom is -0.393 e. The predicted molar refractivity (Wildman–Crippen MR) is 85.2 cm³/mol. The monoisotopic (exact) mass is 329 g/mol. The average Bonchev–Trinajstić information content (AvgIpc) is 2.35. The molecule has 0 aromatic heterocycles. The van der Waals surface area contributed by atoms with Crippen LogP contribution in [0.5, 0.6) is 0 Å². The maximum atomic E-state index is 12.5. The molecular formula is C13H19N3O3S2. The zero-order valence-electron chi connectivity index (χ0n) is 11.9. The Morgan fingerprint density at radius 2 is 1.76 bits per heavy atom. The highest BCUT2D eigenvalue weighted by Crippen LogP contribution is 2.18. The van der Waals surface area contributed by atoms with Crippen molar-refractivity contribution in [3.8, 4) is 0 Å². The van der Waals surface area contributed by atoms with Gasteiger partial charge < -0.3 is 11.5 Å². The largest absolute Gasteiger partial charge is 0.393 e. The summed E-state index contributed by atoms with van der Waals surface area (Å²) in [4.78, 5) is 11.5. The number of sulfonamides is 1. The van der Waals surface area contributed by atoms with Crippen LogP contribution in [0.4, 0.5) is 0 Å². The maximum Gasteiger partial charge on any atom is 0.243 e. The molecular weight excluding hydrogens is 310 g/mol. The second-order valence-corrected chi connectivity index (χ2v) is 7.31. The molecule has 1 amide bonds. The standard InChI is InChI=1S/C13H19N3O3S2/c1-9(2)16(8-12(14)17)21(18,19)11-5-3-10(4-6-11)7-13(15)20/h3-6,9H,7-8H2,1-2H3,(H2,14,17)(H2,15,20). The molecule has 116 valence electrons. The second-order valence-electron chi connectivity index (χ2n) is 4.90. The van der Waals surface area contributed by atoms with Crippen LogP contribution in [0.3, 0.4) is 0 Å². The van der Waals surface area contributed by atoms with Crippen molar-refractivity contribution in [3.05, 3.63) is 29.8 Å². The van der Waals surface area contributed by atoms with E-state index >= 15 is 0 Å². The number of primary amides is 1. The summed E-state index contributed by atoms with van der Waals surface area (Å²) in [5.41, 5.74) is 11.4. The molecule has 0 heterocycles. The molecule has 0 bridgehead atoms. The molecule has 1 aromatic rings. The van der Waals surface area contributed by atoms with Crippen molar-refractivity contribution in [2.45, 2.75) is 31.2 Å². The van der Waals surface area contributed by atoms with Gasteiger partial charge in [-0.05, 0) is 31.5 Å². The van der Waals surface area contributed by atoms with Crippen molar-refractivity contribution in [1.29, 1.82) is 0 Å². The Labute approximate surface area is 130 Å². The molecule has 1 aromatic carbocycles. The molecule has 21 heavy (non-hydrogen) atoms. The molecule has 0 spiro atoms. The third kappa shape index (κ3) is 4.76. The first-order chi connectivity index (χ1) is 9.64. The number of amides is 1. The number of nitrogens with two attached hydrogens (primary N) is 2. The van der Waals surface area contributed by atoms with Crippen LogP contribution in [-0.4, -0.2) is 36.2 Å². The Morgan fingerprint density at radius 1 is 1.24 bits per heavy atom. The van der Waals surface area contributed by atoms with Crippen molar-refractivity contribution in [2.75, 3.05) is 6.54 Å². The van der Waals surface area contributed by atoms with Crippen LogP contribution in [0.25, 0.3) is 0 Å². The van der Waals surface area contributed by atoms with Crippen LogP contribution >= 0.6 is 12.2 Å². The number of hydrogen-bond donors (Lipinski definition) is 2. The topological polar surface area (TPSA) is 106 Å². The lowest BCUT2D eigenvalue weighted by molar-refractivity contribution is -0.118. The molecule has 0 atom stereocenters. The Hall–Kier alpha value is -1.51. The number of hydrogen-bond acceptors (Lipinski definition) is 4. The fourth-order valence-corrected chi connectivity index (χ4v) is 3.58. The van der Waals surface area contributed by atoms with Gasteiger partial charge in [0.1, 0.15) is 0 Å². The Bertz CT molecular complexity index is 625. The van der Waals surface area contributed by atoms with Gasteiger partial charge >= 0.3 is 0 Å².